The fourth-order valence-corrected chi connectivity index (χ4v) is 1.84. The Labute approximate surface area is 91.8 Å². The van der Waals surface area contributed by atoms with Gasteiger partial charge in [0.05, 0.1) is 20.3 Å². The molecule has 1 N–H and O–H groups in total. The maximum absolute atomic E-state index is 9.46. The summed E-state index contributed by atoms with van der Waals surface area (Å²) in [4.78, 5) is 0. The maximum Gasteiger partial charge on any atom is 0.161 e. The van der Waals surface area contributed by atoms with Crippen molar-refractivity contribution >= 4 is 15.9 Å². The lowest BCUT2D eigenvalue weighted by atomic mass is 10.1. The Kier molecular flexibility index (Phi) is 3.77. The summed E-state index contributed by atoms with van der Waals surface area (Å²) in [5.74, 6) is 1.26. The van der Waals surface area contributed by atoms with Gasteiger partial charge in [0.15, 0.2) is 11.5 Å². The van der Waals surface area contributed by atoms with E-state index in [9.17, 15) is 5.11 Å². The molecular formula is C10H13BrO3. The molecule has 0 amide bonds. The van der Waals surface area contributed by atoms with E-state index in [-0.39, 0.29) is 0 Å². The molecule has 0 unspecified atom stereocenters. The lowest BCUT2D eigenvalue weighted by Gasteiger charge is -2.13. The molecule has 0 spiro atoms. The first-order chi connectivity index (χ1) is 6.60. The highest BCUT2D eigenvalue weighted by Crippen LogP contribution is 2.35. The monoisotopic (exact) mass is 260 g/mol. The van der Waals surface area contributed by atoms with E-state index in [1.165, 1.54) is 0 Å². The van der Waals surface area contributed by atoms with Crippen LogP contribution in [-0.2, 0) is 0 Å². The van der Waals surface area contributed by atoms with Gasteiger partial charge in [0.2, 0.25) is 0 Å². The van der Waals surface area contributed by atoms with Crippen LogP contribution in [0.3, 0.4) is 0 Å². The van der Waals surface area contributed by atoms with Gasteiger partial charge in [-0.15, -0.1) is 0 Å². The van der Waals surface area contributed by atoms with Crippen molar-refractivity contribution in [1.82, 2.24) is 0 Å². The molecule has 0 radical (unpaired) electrons. The summed E-state index contributed by atoms with van der Waals surface area (Å²) in [5, 5.41) is 9.46. The van der Waals surface area contributed by atoms with Crippen LogP contribution in [0.15, 0.2) is 16.6 Å². The number of ether oxygens (including phenoxy) is 2. The van der Waals surface area contributed by atoms with E-state index in [0.29, 0.717) is 11.5 Å². The molecule has 1 aromatic rings. The van der Waals surface area contributed by atoms with E-state index in [1.807, 2.05) is 0 Å². The second-order valence-electron chi connectivity index (χ2n) is 2.90. The van der Waals surface area contributed by atoms with Gasteiger partial charge in [0.25, 0.3) is 0 Å². The molecule has 1 rings (SSSR count). The molecule has 0 aromatic heterocycles. The molecule has 0 bridgehead atoms. The van der Waals surface area contributed by atoms with Gasteiger partial charge in [-0.25, -0.2) is 0 Å². The Morgan fingerprint density at radius 2 is 1.71 bits per heavy atom. The van der Waals surface area contributed by atoms with Crippen molar-refractivity contribution in [2.75, 3.05) is 14.2 Å². The Morgan fingerprint density at radius 3 is 2.14 bits per heavy atom. The van der Waals surface area contributed by atoms with Crippen LogP contribution in [-0.4, -0.2) is 19.3 Å². The van der Waals surface area contributed by atoms with Crippen molar-refractivity contribution in [2.45, 2.75) is 13.0 Å². The molecule has 0 aliphatic heterocycles. The van der Waals surface area contributed by atoms with Crippen LogP contribution in [0.1, 0.15) is 18.6 Å². The number of aliphatic hydroxyl groups excluding tert-OH is 1. The van der Waals surface area contributed by atoms with Gasteiger partial charge in [0, 0.05) is 4.47 Å². The first-order valence-electron chi connectivity index (χ1n) is 4.19. The highest BCUT2D eigenvalue weighted by molar-refractivity contribution is 9.10. The highest BCUT2D eigenvalue weighted by Gasteiger charge is 2.12. The Morgan fingerprint density at radius 1 is 1.21 bits per heavy atom. The third-order valence-corrected chi connectivity index (χ3v) is 2.64. The maximum atomic E-state index is 9.46. The van der Waals surface area contributed by atoms with E-state index in [1.54, 1.807) is 33.3 Å². The first-order valence-corrected chi connectivity index (χ1v) is 4.99. The summed E-state index contributed by atoms with van der Waals surface area (Å²) >= 11 is 3.36. The van der Waals surface area contributed by atoms with Gasteiger partial charge < -0.3 is 14.6 Å². The van der Waals surface area contributed by atoms with Crippen LogP contribution in [0.25, 0.3) is 0 Å². The van der Waals surface area contributed by atoms with Gasteiger partial charge in [-0.1, -0.05) is 15.9 Å². The zero-order valence-electron chi connectivity index (χ0n) is 8.37. The lowest BCUT2D eigenvalue weighted by molar-refractivity contribution is 0.198. The SMILES string of the molecule is COc1cc(Br)c([C@H](C)O)cc1OC. The van der Waals surface area contributed by atoms with Crippen molar-refractivity contribution in [3.05, 3.63) is 22.2 Å². The highest BCUT2D eigenvalue weighted by atomic mass is 79.9. The molecule has 0 heterocycles. The summed E-state index contributed by atoms with van der Waals surface area (Å²) in [7, 11) is 3.14. The summed E-state index contributed by atoms with van der Waals surface area (Å²) in [6.07, 6.45) is -0.538. The normalized spacial score (nSPS) is 12.4. The quantitative estimate of drug-likeness (QED) is 0.908. The van der Waals surface area contributed by atoms with Crippen molar-refractivity contribution in [3.63, 3.8) is 0 Å². The zero-order valence-corrected chi connectivity index (χ0v) is 9.96. The Bertz CT molecular complexity index is 323. The topological polar surface area (TPSA) is 38.7 Å². The van der Waals surface area contributed by atoms with Crippen molar-refractivity contribution in [2.24, 2.45) is 0 Å². The van der Waals surface area contributed by atoms with Crippen LogP contribution in [0.2, 0.25) is 0 Å². The van der Waals surface area contributed by atoms with Crippen LogP contribution in [0, 0.1) is 0 Å². The van der Waals surface area contributed by atoms with Crippen molar-refractivity contribution in [1.29, 1.82) is 0 Å². The number of aliphatic hydroxyl groups is 1. The van der Waals surface area contributed by atoms with E-state index in [2.05, 4.69) is 15.9 Å². The predicted molar refractivity (Wildman–Crippen MR) is 57.9 cm³/mol. The molecule has 1 aromatic carbocycles. The molecule has 14 heavy (non-hydrogen) atoms. The lowest BCUT2D eigenvalue weighted by Crippen LogP contribution is -1.97. The van der Waals surface area contributed by atoms with E-state index in [0.717, 1.165) is 10.0 Å². The van der Waals surface area contributed by atoms with Crippen LogP contribution in [0.5, 0.6) is 11.5 Å². The van der Waals surface area contributed by atoms with Gasteiger partial charge >= 0.3 is 0 Å². The third kappa shape index (κ3) is 2.19. The largest absolute Gasteiger partial charge is 0.493 e. The number of rotatable bonds is 3. The minimum atomic E-state index is -0.538. The average molecular weight is 261 g/mol. The van der Waals surface area contributed by atoms with Gasteiger partial charge in [-0.05, 0) is 24.6 Å². The average Bonchev–Trinajstić information content (AvgIpc) is 2.16. The van der Waals surface area contributed by atoms with Gasteiger partial charge in [0.1, 0.15) is 0 Å². The van der Waals surface area contributed by atoms with Crippen LogP contribution >= 0.6 is 15.9 Å². The Hall–Kier alpha value is -0.740. The second kappa shape index (κ2) is 4.66. The molecule has 1 atom stereocenters. The number of methoxy groups -OCH3 is 2. The van der Waals surface area contributed by atoms with E-state index in [4.69, 9.17) is 9.47 Å². The molecule has 0 saturated heterocycles. The number of benzene rings is 1. The van der Waals surface area contributed by atoms with E-state index >= 15 is 0 Å². The summed E-state index contributed by atoms with van der Waals surface area (Å²) in [6.45, 7) is 1.70. The molecule has 0 aliphatic rings. The third-order valence-electron chi connectivity index (χ3n) is 1.95. The standard InChI is InChI=1S/C10H13BrO3/c1-6(12)7-4-9(13-2)10(14-3)5-8(7)11/h4-6,12H,1-3H3/t6-/m0/s1. The molecule has 78 valence electrons. The number of hydrogen-bond donors (Lipinski definition) is 1. The van der Waals surface area contributed by atoms with Gasteiger partial charge in [-0.2, -0.15) is 0 Å². The van der Waals surface area contributed by atoms with E-state index < -0.39 is 6.10 Å². The molecule has 3 nitrogen and oxygen atoms in total. The number of hydrogen-bond acceptors (Lipinski definition) is 3. The minimum absolute atomic E-state index is 0.538. The van der Waals surface area contributed by atoms with Gasteiger partial charge in [-0.3, -0.25) is 0 Å². The van der Waals surface area contributed by atoms with Crippen molar-refractivity contribution < 1.29 is 14.6 Å². The fourth-order valence-electron chi connectivity index (χ4n) is 1.19. The molecule has 0 saturated carbocycles. The molecule has 0 fully saturated rings. The summed E-state index contributed by atoms with van der Waals surface area (Å²) < 4.78 is 11.1. The minimum Gasteiger partial charge on any atom is -0.493 e. The molecule has 0 aliphatic carbocycles. The predicted octanol–water partition coefficient (Wildman–Crippen LogP) is 2.52. The Balaban J connectivity index is 3.23. The molecule has 4 heteroatoms. The molecular weight excluding hydrogens is 248 g/mol. The fraction of sp³-hybridized carbons (Fsp3) is 0.400. The summed E-state index contributed by atoms with van der Waals surface area (Å²) in [6, 6.07) is 3.54. The second-order valence-corrected chi connectivity index (χ2v) is 3.76. The zero-order chi connectivity index (χ0) is 10.7. The smallest absolute Gasteiger partial charge is 0.161 e. The van der Waals surface area contributed by atoms with Crippen molar-refractivity contribution in [3.8, 4) is 11.5 Å². The summed E-state index contributed by atoms with van der Waals surface area (Å²) in [5.41, 5.74) is 0.780. The first kappa shape index (κ1) is 11.3. The van der Waals surface area contributed by atoms with Crippen LogP contribution in [0.4, 0.5) is 0 Å². The van der Waals surface area contributed by atoms with Crippen LogP contribution < -0.4 is 9.47 Å². The number of halogens is 1.